The van der Waals surface area contributed by atoms with Crippen LogP contribution in [-0.2, 0) is 6.61 Å². The quantitative estimate of drug-likeness (QED) is 0.549. The van der Waals surface area contributed by atoms with Crippen molar-refractivity contribution in [2.75, 3.05) is 5.32 Å². The number of benzene rings is 3. The van der Waals surface area contributed by atoms with Crippen LogP contribution in [0.2, 0.25) is 0 Å². The van der Waals surface area contributed by atoms with E-state index in [0.29, 0.717) is 18.2 Å². The lowest BCUT2D eigenvalue weighted by molar-refractivity contribution is 0.296. The highest BCUT2D eigenvalue weighted by Crippen LogP contribution is 2.51. The zero-order chi connectivity index (χ0) is 18.9. The van der Waals surface area contributed by atoms with Crippen molar-refractivity contribution in [3.63, 3.8) is 0 Å². The normalized spacial score (nSPS) is 22.2. The summed E-state index contributed by atoms with van der Waals surface area (Å²) in [5.41, 5.74) is 3.90. The predicted molar refractivity (Wildman–Crippen MR) is 110 cm³/mol. The number of nitrogens with one attached hydrogen (secondary N) is 1. The molecule has 1 heterocycles. The van der Waals surface area contributed by atoms with Crippen molar-refractivity contribution in [3.8, 4) is 5.75 Å². The van der Waals surface area contributed by atoms with Crippen LogP contribution in [0.1, 0.15) is 35.1 Å². The first-order valence-corrected chi connectivity index (χ1v) is 9.78. The Kier molecular flexibility index (Phi) is 4.36. The number of hydrogen-bond acceptors (Lipinski definition) is 2. The van der Waals surface area contributed by atoms with E-state index in [1.54, 1.807) is 6.07 Å². The minimum Gasteiger partial charge on any atom is -0.489 e. The largest absolute Gasteiger partial charge is 0.489 e. The second-order valence-corrected chi connectivity index (χ2v) is 7.49. The van der Waals surface area contributed by atoms with Gasteiger partial charge >= 0.3 is 0 Å². The van der Waals surface area contributed by atoms with Crippen molar-refractivity contribution in [1.29, 1.82) is 0 Å². The van der Waals surface area contributed by atoms with Crippen LogP contribution < -0.4 is 10.1 Å². The van der Waals surface area contributed by atoms with Gasteiger partial charge in [-0.15, -0.1) is 0 Å². The highest BCUT2D eigenvalue weighted by atomic mass is 19.1. The third kappa shape index (κ3) is 2.97. The van der Waals surface area contributed by atoms with Gasteiger partial charge in [0.05, 0.1) is 11.7 Å². The number of allylic oxidation sites excluding steroid dienone is 2. The van der Waals surface area contributed by atoms with Crippen LogP contribution >= 0.6 is 0 Å². The molecule has 3 atom stereocenters. The van der Waals surface area contributed by atoms with Gasteiger partial charge in [0.2, 0.25) is 0 Å². The molecule has 0 saturated carbocycles. The molecule has 0 fully saturated rings. The van der Waals surface area contributed by atoms with E-state index >= 15 is 0 Å². The SMILES string of the molecule is Fc1cccc2c1NC(c1ccccc1OCc1ccccc1)C1CC=CC21. The van der Waals surface area contributed by atoms with E-state index in [1.165, 1.54) is 6.07 Å². The van der Waals surface area contributed by atoms with Gasteiger partial charge in [-0.3, -0.25) is 0 Å². The summed E-state index contributed by atoms with van der Waals surface area (Å²) in [5, 5.41) is 3.50. The van der Waals surface area contributed by atoms with Crippen LogP contribution in [-0.4, -0.2) is 0 Å². The first kappa shape index (κ1) is 17.1. The zero-order valence-corrected chi connectivity index (χ0v) is 15.5. The van der Waals surface area contributed by atoms with Gasteiger partial charge in [-0.25, -0.2) is 4.39 Å². The molecule has 3 heteroatoms. The van der Waals surface area contributed by atoms with Gasteiger partial charge in [0.25, 0.3) is 0 Å². The van der Waals surface area contributed by atoms with Gasteiger partial charge in [-0.05, 0) is 35.6 Å². The fourth-order valence-corrected chi connectivity index (χ4v) is 4.50. The fourth-order valence-electron chi connectivity index (χ4n) is 4.50. The maximum atomic E-state index is 14.6. The van der Waals surface area contributed by atoms with Gasteiger partial charge < -0.3 is 10.1 Å². The Morgan fingerprint density at radius 3 is 2.57 bits per heavy atom. The van der Waals surface area contributed by atoms with Crippen molar-refractivity contribution >= 4 is 5.69 Å². The lowest BCUT2D eigenvalue weighted by atomic mass is 9.77. The molecule has 1 aliphatic heterocycles. The summed E-state index contributed by atoms with van der Waals surface area (Å²) in [7, 11) is 0. The molecule has 1 N–H and O–H groups in total. The third-order valence-electron chi connectivity index (χ3n) is 5.84. The number of rotatable bonds is 4. The first-order valence-electron chi connectivity index (χ1n) is 9.78. The minimum atomic E-state index is -0.191. The smallest absolute Gasteiger partial charge is 0.146 e. The fraction of sp³-hybridized carbons (Fsp3) is 0.200. The molecule has 2 aliphatic rings. The lowest BCUT2D eigenvalue weighted by Crippen LogP contribution is -2.30. The molecule has 140 valence electrons. The van der Waals surface area contributed by atoms with Gasteiger partial charge in [0.15, 0.2) is 0 Å². The predicted octanol–water partition coefficient (Wildman–Crippen LogP) is 6.23. The molecule has 0 bridgehead atoms. The Bertz CT molecular complexity index is 1010. The molecule has 0 aromatic heterocycles. The Morgan fingerprint density at radius 2 is 1.68 bits per heavy atom. The summed E-state index contributed by atoms with van der Waals surface area (Å²) in [6.07, 6.45) is 5.42. The van der Waals surface area contributed by atoms with Crippen molar-refractivity contribution in [2.45, 2.75) is 25.0 Å². The highest BCUT2D eigenvalue weighted by Gasteiger charge is 2.39. The third-order valence-corrected chi connectivity index (χ3v) is 5.84. The molecule has 2 nitrogen and oxygen atoms in total. The van der Waals surface area contributed by atoms with Crippen LogP contribution in [0.15, 0.2) is 84.9 Å². The van der Waals surface area contributed by atoms with Gasteiger partial charge in [0, 0.05) is 11.5 Å². The van der Waals surface area contributed by atoms with E-state index in [9.17, 15) is 4.39 Å². The summed E-state index contributed by atoms with van der Waals surface area (Å²) in [5.74, 6) is 1.26. The van der Waals surface area contributed by atoms with Gasteiger partial charge in [-0.1, -0.05) is 72.8 Å². The molecule has 0 radical (unpaired) electrons. The molecular weight excluding hydrogens is 349 g/mol. The Hall–Kier alpha value is -3.07. The molecule has 1 aliphatic carbocycles. The molecule has 3 unspecified atom stereocenters. The van der Waals surface area contributed by atoms with Crippen molar-refractivity contribution in [3.05, 3.63) is 107 Å². The average Bonchev–Trinajstić information content (AvgIpc) is 3.23. The van der Waals surface area contributed by atoms with Crippen LogP contribution in [0.5, 0.6) is 5.75 Å². The molecule has 3 aromatic carbocycles. The summed E-state index contributed by atoms with van der Waals surface area (Å²) < 4.78 is 20.8. The van der Waals surface area contributed by atoms with E-state index in [2.05, 4.69) is 35.7 Å². The second-order valence-electron chi connectivity index (χ2n) is 7.49. The van der Waals surface area contributed by atoms with Gasteiger partial charge in [-0.2, -0.15) is 0 Å². The van der Waals surface area contributed by atoms with E-state index in [-0.39, 0.29) is 17.8 Å². The molecule has 0 saturated heterocycles. The summed E-state index contributed by atoms with van der Waals surface area (Å²) >= 11 is 0. The first-order chi connectivity index (χ1) is 13.8. The molecule has 5 rings (SSSR count). The highest BCUT2D eigenvalue weighted by molar-refractivity contribution is 5.61. The van der Waals surface area contributed by atoms with Crippen LogP contribution in [0.4, 0.5) is 10.1 Å². The van der Waals surface area contributed by atoms with E-state index in [1.807, 2.05) is 42.5 Å². The molecule has 0 spiro atoms. The lowest BCUT2D eigenvalue weighted by Gasteiger charge is -2.38. The van der Waals surface area contributed by atoms with Crippen molar-refractivity contribution in [2.24, 2.45) is 5.92 Å². The van der Waals surface area contributed by atoms with E-state index < -0.39 is 0 Å². The maximum Gasteiger partial charge on any atom is 0.146 e. The zero-order valence-electron chi connectivity index (χ0n) is 15.5. The topological polar surface area (TPSA) is 21.3 Å². The molecule has 28 heavy (non-hydrogen) atoms. The Balaban J connectivity index is 1.49. The number of anilines is 1. The number of para-hydroxylation sites is 2. The second kappa shape index (κ2) is 7.16. The summed E-state index contributed by atoms with van der Waals surface area (Å²) in [6, 6.07) is 23.7. The Labute approximate surface area is 164 Å². The van der Waals surface area contributed by atoms with Crippen LogP contribution in [0.3, 0.4) is 0 Å². The van der Waals surface area contributed by atoms with Gasteiger partial charge in [0.1, 0.15) is 18.2 Å². The average molecular weight is 371 g/mol. The number of halogens is 1. The van der Waals surface area contributed by atoms with Crippen LogP contribution in [0.25, 0.3) is 0 Å². The molecule has 3 aromatic rings. The Morgan fingerprint density at radius 1 is 0.893 bits per heavy atom. The van der Waals surface area contributed by atoms with E-state index in [0.717, 1.165) is 28.9 Å². The standard InChI is InChI=1S/C25H22FNO/c26-22-14-7-13-20-18-11-6-12-19(18)24(27-25(20)22)21-10-4-5-15-23(21)28-16-17-8-2-1-3-9-17/h1-11,13-15,18-19,24,27H,12,16H2. The van der Waals surface area contributed by atoms with Crippen molar-refractivity contribution in [1.82, 2.24) is 0 Å². The minimum absolute atomic E-state index is 0.0105. The van der Waals surface area contributed by atoms with E-state index in [4.69, 9.17) is 4.74 Å². The number of fused-ring (bicyclic) bond motifs is 3. The van der Waals surface area contributed by atoms with Crippen molar-refractivity contribution < 1.29 is 9.13 Å². The summed E-state index contributed by atoms with van der Waals surface area (Å²) in [4.78, 5) is 0. The monoisotopic (exact) mass is 371 g/mol. The van der Waals surface area contributed by atoms with Crippen LogP contribution in [0, 0.1) is 11.7 Å². The number of ether oxygens (including phenoxy) is 1. The summed E-state index contributed by atoms with van der Waals surface area (Å²) in [6.45, 7) is 0.516. The maximum absolute atomic E-state index is 14.6. The number of hydrogen-bond donors (Lipinski definition) is 1. The molecule has 0 amide bonds. The molecular formula is C25H22FNO.